The van der Waals surface area contributed by atoms with Gasteiger partial charge in [-0.05, 0) is 55.2 Å². The predicted octanol–water partition coefficient (Wildman–Crippen LogP) is 5.63. The molecule has 0 N–H and O–H groups in total. The number of carbonyl (C=O) groups excluding carboxylic acids is 1. The molecule has 0 aromatic heterocycles. The van der Waals surface area contributed by atoms with Crippen LogP contribution in [0.25, 0.3) is 0 Å². The molecule has 0 aliphatic heterocycles. The van der Waals surface area contributed by atoms with E-state index in [4.69, 9.17) is 0 Å². The molecule has 21 heavy (non-hydrogen) atoms. The quantitative estimate of drug-likeness (QED) is 0.643. The summed E-state index contributed by atoms with van der Waals surface area (Å²) in [6, 6.07) is 2.74. The highest BCUT2D eigenvalue weighted by molar-refractivity contribution is 5.96. The third-order valence-electron chi connectivity index (χ3n) is 4.68. The molecule has 0 spiro atoms. The average molecular weight is 294 g/mol. The lowest BCUT2D eigenvalue weighted by molar-refractivity contribution is 0.0980. The maximum atomic E-state index is 14.0. The molecule has 1 aromatic carbocycles. The van der Waals surface area contributed by atoms with Gasteiger partial charge in [0.15, 0.2) is 5.78 Å². The molecule has 1 aliphatic carbocycles. The van der Waals surface area contributed by atoms with Crippen LogP contribution in [0.2, 0.25) is 0 Å². The van der Waals surface area contributed by atoms with E-state index in [1.807, 2.05) is 0 Å². The van der Waals surface area contributed by atoms with Gasteiger partial charge in [0.25, 0.3) is 0 Å². The maximum absolute atomic E-state index is 14.0. The Hall–Kier alpha value is -1.25. The van der Waals surface area contributed by atoms with Crippen molar-refractivity contribution in [3.05, 3.63) is 34.9 Å². The Morgan fingerprint density at radius 1 is 1.10 bits per heavy atom. The second-order valence-corrected chi connectivity index (χ2v) is 6.14. The topological polar surface area (TPSA) is 17.1 Å². The van der Waals surface area contributed by atoms with E-state index >= 15 is 0 Å². The smallest absolute Gasteiger partial charge is 0.168 e. The van der Waals surface area contributed by atoms with Crippen molar-refractivity contribution in [2.75, 3.05) is 0 Å². The molecule has 3 heteroatoms. The summed E-state index contributed by atoms with van der Waals surface area (Å²) in [5, 5.41) is 0. The van der Waals surface area contributed by atoms with Gasteiger partial charge < -0.3 is 0 Å². The summed E-state index contributed by atoms with van der Waals surface area (Å²) in [4.78, 5) is 11.6. The van der Waals surface area contributed by atoms with Crippen LogP contribution in [0, 0.1) is 17.6 Å². The Bertz CT molecular complexity index is 479. The van der Waals surface area contributed by atoms with E-state index in [1.54, 1.807) is 6.92 Å². The van der Waals surface area contributed by atoms with Gasteiger partial charge in [-0.3, -0.25) is 4.79 Å². The highest BCUT2D eigenvalue weighted by atomic mass is 19.1. The molecule has 1 aromatic rings. The van der Waals surface area contributed by atoms with Crippen LogP contribution in [-0.2, 0) is 0 Å². The Balaban J connectivity index is 2.14. The van der Waals surface area contributed by atoms with E-state index in [-0.39, 0.29) is 17.9 Å². The number of halogens is 2. The molecule has 0 atom stereocenters. The molecule has 116 valence electrons. The lowest BCUT2D eigenvalue weighted by Gasteiger charge is -2.28. The first-order valence-corrected chi connectivity index (χ1v) is 8.08. The normalized spacial score (nSPS) is 22.3. The van der Waals surface area contributed by atoms with Crippen molar-refractivity contribution in [3.8, 4) is 0 Å². The van der Waals surface area contributed by atoms with E-state index in [0.717, 1.165) is 31.6 Å². The molecular weight excluding hydrogens is 270 g/mol. The molecule has 0 unspecified atom stereocenters. The van der Waals surface area contributed by atoms with Gasteiger partial charge in [0.05, 0.1) is 5.56 Å². The van der Waals surface area contributed by atoms with Crippen LogP contribution >= 0.6 is 0 Å². The first-order chi connectivity index (χ1) is 10.1. The molecule has 0 amide bonds. The third kappa shape index (κ3) is 3.69. The SMILES string of the molecule is CCCC1CCC(c2cc(F)c(C(=O)CC)c(F)c2)CC1. The Morgan fingerprint density at radius 3 is 2.14 bits per heavy atom. The zero-order chi connectivity index (χ0) is 15.4. The molecule has 1 nitrogen and oxygen atoms in total. The number of carbonyl (C=O) groups is 1. The summed E-state index contributed by atoms with van der Waals surface area (Å²) in [6.45, 7) is 3.81. The second-order valence-electron chi connectivity index (χ2n) is 6.14. The molecule has 1 fully saturated rings. The van der Waals surface area contributed by atoms with Crippen LogP contribution in [0.1, 0.15) is 80.6 Å². The standard InChI is InChI=1S/C18H24F2O/c1-3-5-12-6-8-13(9-7-12)14-10-15(19)18(16(20)11-14)17(21)4-2/h10-13H,3-9H2,1-2H3. The van der Waals surface area contributed by atoms with Crippen LogP contribution in [0.5, 0.6) is 0 Å². The molecule has 0 heterocycles. The first kappa shape index (κ1) is 16.1. The van der Waals surface area contributed by atoms with E-state index in [1.165, 1.54) is 25.0 Å². The van der Waals surface area contributed by atoms with Crippen LogP contribution in [0.4, 0.5) is 8.78 Å². The zero-order valence-electron chi connectivity index (χ0n) is 12.9. The lowest BCUT2D eigenvalue weighted by atomic mass is 9.77. The monoisotopic (exact) mass is 294 g/mol. The van der Waals surface area contributed by atoms with E-state index in [0.29, 0.717) is 5.56 Å². The fourth-order valence-corrected chi connectivity index (χ4v) is 3.46. The van der Waals surface area contributed by atoms with Crippen molar-refractivity contribution in [1.29, 1.82) is 0 Å². The van der Waals surface area contributed by atoms with Gasteiger partial charge in [-0.2, -0.15) is 0 Å². The molecule has 2 rings (SSSR count). The Morgan fingerprint density at radius 2 is 1.67 bits per heavy atom. The fraction of sp³-hybridized carbons (Fsp3) is 0.611. The van der Waals surface area contributed by atoms with Crippen molar-refractivity contribution in [2.24, 2.45) is 5.92 Å². The van der Waals surface area contributed by atoms with Gasteiger partial charge in [-0.25, -0.2) is 8.78 Å². The van der Waals surface area contributed by atoms with E-state index in [9.17, 15) is 13.6 Å². The van der Waals surface area contributed by atoms with Gasteiger partial charge >= 0.3 is 0 Å². The summed E-state index contributed by atoms with van der Waals surface area (Å²) >= 11 is 0. The molecular formula is C18H24F2O. The largest absolute Gasteiger partial charge is 0.294 e. The van der Waals surface area contributed by atoms with Gasteiger partial charge in [0.2, 0.25) is 0 Å². The van der Waals surface area contributed by atoms with E-state index in [2.05, 4.69) is 6.92 Å². The number of ketones is 1. The van der Waals surface area contributed by atoms with Gasteiger partial charge in [0.1, 0.15) is 11.6 Å². The minimum absolute atomic E-state index is 0.120. The van der Waals surface area contributed by atoms with Crippen molar-refractivity contribution in [2.45, 2.75) is 64.7 Å². The van der Waals surface area contributed by atoms with Crippen molar-refractivity contribution in [3.63, 3.8) is 0 Å². The maximum Gasteiger partial charge on any atom is 0.168 e. The van der Waals surface area contributed by atoms with Crippen LogP contribution < -0.4 is 0 Å². The van der Waals surface area contributed by atoms with Gasteiger partial charge in [-0.15, -0.1) is 0 Å². The Kier molecular flexibility index (Phi) is 5.49. The highest BCUT2D eigenvalue weighted by Gasteiger charge is 2.25. The van der Waals surface area contributed by atoms with Crippen molar-refractivity contribution >= 4 is 5.78 Å². The number of hydrogen-bond donors (Lipinski definition) is 0. The number of hydrogen-bond acceptors (Lipinski definition) is 1. The number of benzene rings is 1. The van der Waals surface area contributed by atoms with Crippen LogP contribution in [0.15, 0.2) is 12.1 Å². The average Bonchev–Trinajstić information content (AvgIpc) is 2.47. The minimum Gasteiger partial charge on any atom is -0.294 e. The summed E-state index contributed by atoms with van der Waals surface area (Å²) < 4.78 is 28.1. The predicted molar refractivity (Wildman–Crippen MR) is 80.6 cm³/mol. The summed E-state index contributed by atoms with van der Waals surface area (Å²) in [6.07, 6.45) is 6.82. The van der Waals surface area contributed by atoms with E-state index < -0.39 is 17.4 Å². The minimum atomic E-state index is -0.701. The van der Waals surface area contributed by atoms with Crippen LogP contribution in [0.3, 0.4) is 0 Å². The molecule has 1 aliphatic rings. The van der Waals surface area contributed by atoms with Crippen molar-refractivity contribution in [1.82, 2.24) is 0 Å². The molecule has 0 bridgehead atoms. The molecule has 1 saturated carbocycles. The lowest BCUT2D eigenvalue weighted by Crippen LogP contribution is -2.14. The first-order valence-electron chi connectivity index (χ1n) is 8.08. The highest BCUT2D eigenvalue weighted by Crippen LogP contribution is 2.38. The van der Waals surface area contributed by atoms with Crippen LogP contribution in [-0.4, -0.2) is 5.78 Å². The summed E-state index contributed by atoms with van der Waals surface area (Å²) in [5.41, 5.74) is 0.341. The van der Waals surface area contributed by atoms with Crippen molar-refractivity contribution < 1.29 is 13.6 Å². The second kappa shape index (κ2) is 7.15. The summed E-state index contributed by atoms with van der Waals surface area (Å²) in [7, 11) is 0. The molecule has 0 saturated heterocycles. The number of rotatable bonds is 5. The third-order valence-corrected chi connectivity index (χ3v) is 4.68. The molecule has 0 radical (unpaired) electrons. The number of Topliss-reactive ketones (excluding diaryl/α,β-unsaturated/α-hetero) is 1. The van der Waals surface area contributed by atoms with Gasteiger partial charge in [-0.1, -0.05) is 26.7 Å². The Labute approximate surface area is 125 Å². The zero-order valence-corrected chi connectivity index (χ0v) is 12.9. The van der Waals surface area contributed by atoms with Gasteiger partial charge in [0, 0.05) is 6.42 Å². The fourth-order valence-electron chi connectivity index (χ4n) is 3.46. The summed E-state index contributed by atoms with van der Waals surface area (Å²) in [5.74, 6) is -0.877.